The number of halogens is 1. The molecule has 0 aliphatic heterocycles. The summed E-state index contributed by atoms with van der Waals surface area (Å²) in [4.78, 5) is 0. The summed E-state index contributed by atoms with van der Waals surface area (Å²) in [7, 11) is 0.140. The van der Waals surface area contributed by atoms with Gasteiger partial charge < -0.3 is 13.9 Å². The van der Waals surface area contributed by atoms with Crippen molar-refractivity contribution in [1.29, 1.82) is 0 Å². The molecule has 0 fully saturated rings. The highest BCUT2D eigenvalue weighted by Crippen LogP contribution is 2.31. The summed E-state index contributed by atoms with van der Waals surface area (Å²) < 4.78 is 19.9. The van der Waals surface area contributed by atoms with Crippen molar-refractivity contribution in [1.82, 2.24) is 0 Å². The second kappa shape index (κ2) is 18.2. The average molecular weight is 645 g/mol. The zero-order valence-corrected chi connectivity index (χ0v) is 28.5. The number of ether oxygens (including phenoxy) is 2. The molecule has 214 valence electrons. The number of hydrogen-bond donors (Lipinski definition) is 0. The Morgan fingerprint density at radius 3 is 2.08 bits per heavy atom. The highest BCUT2D eigenvalue weighted by Gasteiger charge is 2.35. The van der Waals surface area contributed by atoms with Crippen LogP contribution in [0.4, 0.5) is 0 Å². The molecular weight excluding hydrogens is 587 g/mol. The minimum Gasteiger partial charge on any atom is -0.412 e. The van der Waals surface area contributed by atoms with Crippen LogP contribution >= 0.6 is 22.6 Å². The van der Waals surface area contributed by atoms with Gasteiger partial charge in [-0.15, -0.1) is 0 Å². The largest absolute Gasteiger partial charge is 0.412 e. The van der Waals surface area contributed by atoms with Gasteiger partial charge in [0.25, 0.3) is 0 Å². The van der Waals surface area contributed by atoms with E-state index in [0.29, 0.717) is 6.79 Å². The molecule has 0 atom stereocenters. The zero-order valence-electron chi connectivity index (χ0n) is 25.4. The van der Waals surface area contributed by atoms with E-state index >= 15 is 0 Å². The minimum absolute atomic E-state index is 0.0147. The van der Waals surface area contributed by atoms with Crippen LogP contribution in [-0.4, -0.2) is 33.4 Å². The van der Waals surface area contributed by atoms with E-state index in [4.69, 9.17) is 13.9 Å². The first-order valence-corrected chi connectivity index (χ1v) is 18.5. The molecule has 0 aliphatic carbocycles. The molecule has 37 heavy (non-hydrogen) atoms. The van der Waals surface area contributed by atoms with Crippen molar-refractivity contribution in [3.05, 3.63) is 39.5 Å². The normalized spacial score (nSPS) is 13.4. The summed E-state index contributed by atoms with van der Waals surface area (Å²) in [5.41, 5.74) is 4.23. The number of benzene rings is 1. The second-order valence-electron chi connectivity index (χ2n) is 11.9. The Bertz CT molecular complexity index is 763. The van der Waals surface area contributed by atoms with Gasteiger partial charge in [-0.1, -0.05) is 93.3 Å². The minimum atomic E-state index is -1.54. The molecule has 0 aromatic heterocycles. The van der Waals surface area contributed by atoms with Gasteiger partial charge in [0, 0.05) is 7.11 Å². The molecule has 1 aromatic carbocycles. The van der Waals surface area contributed by atoms with Crippen molar-refractivity contribution in [2.75, 3.05) is 13.9 Å². The zero-order chi connectivity index (χ0) is 27.8. The predicted octanol–water partition coefficient (Wildman–Crippen LogP) is 10.7. The molecule has 0 unspecified atom stereocenters. The van der Waals surface area contributed by atoms with Crippen LogP contribution in [0.3, 0.4) is 0 Å². The van der Waals surface area contributed by atoms with Crippen LogP contribution in [0.2, 0.25) is 18.1 Å². The lowest BCUT2D eigenvalue weighted by molar-refractivity contribution is -0.117. The molecule has 3 nitrogen and oxygen atoms in total. The first-order chi connectivity index (χ1) is 17.6. The maximum Gasteiger partial charge on any atom is 0.192 e. The number of allylic oxidation sites excluding steroid dienone is 1. The van der Waals surface area contributed by atoms with Crippen LogP contribution in [0.5, 0.6) is 0 Å². The monoisotopic (exact) mass is 644 g/mol. The molecular formula is C32H57IO3Si. The van der Waals surface area contributed by atoms with E-state index in [1.54, 1.807) is 7.11 Å². The maximum absolute atomic E-state index is 6.79. The van der Waals surface area contributed by atoms with Crippen LogP contribution in [0.1, 0.15) is 117 Å². The molecule has 0 spiro atoms. The second-order valence-corrected chi connectivity index (χ2v) is 17.2. The van der Waals surface area contributed by atoms with E-state index < -0.39 is 8.32 Å². The van der Waals surface area contributed by atoms with Crippen LogP contribution in [0.25, 0.3) is 5.57 Å². The molecule has 0 saturated carbocycles. The van der Waals surface area contributed by atoms with Crippen molar-refractivity contribution in [3.8, 4) is 0 Å². The highest BCUT2D eigenvalue weighted by molar-refractivity contribution is 14.1. The fourth-order valence-corrected chi connectivity index (χ4v) is 9.06. The lowest BCUT2D eigenvalue weighted by Gasteiger charge is -2.38. The van der Waals surface area contributed by atoms with Gasteiger partial charge in [-0.05, 0) is 105 Å². The molecule has 0 heterocycles. The third kappa shape index (κ3) is 14.1. The van der Waals surface area contributed by atoms with Crippen LogP contribution < -0.4 is 0 Å². The van der Waals surface area contributed by atoms with Gasteiger partial charge in [0.05, 0.1) is 11.2 Å². The Morgan fingerprint density at radius 2 is 1.49 bits per heavy atom. The third-order valence-electron chi connectivity index (χ3n) is 7.89. The van der Waals surface area contributed by atoms with Gasteiger partial charge in [-0.25, -0.2) is 0 Å². The van der Waals surface area contributed by atoms with Crippen molar-refractivity contribution < 1.29 is 13.9 Å². The number of aryl methyl sites for hydroxylation is 1. The van der Waals surface area contributed by atoms with E-state index in [2.05, 4.69) is 99.4 Å². The Kier molecular flexibility index (Phi) is 17.1. The number of hydrogen-bond acceptors (Lipinski definition) is 3. The fourth-order valence-electron chi connectivity index (χ4n) is 5.18. The number of methoxy groups -OCH3 is 1. The van der Waals surface area contributed by atoms with E-state index in [-0.39, 0.29) is 11.2 Å². The fraction of sp³-hybridized carbons (Fsp3) is 0.750. The van der Waals surface area contributed by atoms with Crippen LogP contribution in [0.15, 0.2) is 28.3 Å². The first-order valence-electron chi connectivity index (χ1n) is 14.8. The smallest absolute Gasteiger partial charge is 0.192 e. The van der Waals surface area contributed by atoms with Gasteiger partial charge in [0.1, 0.15) is 6.79 Å². The van der Waals surface area contributed by atoms with E-state index in [0.717, 1.165) is 19.3 Å². The van der Waals surface area contributed by atoms with Gasteiger partial charge in [0.15, 0.2) is 8.32 Å². The van der Waals surface area contributed by atoms with Crippen LogP contribution in [-0.2, 0) is 20.3 Å². The molecule has 1 aromatic rings. The van der Waals surface area contributed by atoms with Gasteiger partial charge in [-0.3, -0.25) is 0 Å². The lowest BCUT2D eigenvalue weighted by Crippen LogP contribution is -2.44. The van der Waals surface area contributed by atoms with Crippen molar-refractivity contribution >= 4 is 36.5 Å². The maximum atomic E-state index is 6.79. The first kappa shape index (κ1) is 34.8. The molecule has 0 amide bonds. The van der Waals surface area contributed by atoms with Gasteiger partial charge in [0.2, 0.25) is 0 Å². The molecule has 1 rings (SSSR count). The Balaban J connectivity index is 2.44. The standard InChI is InChI=1S/C32H57IO3Si/c1-9-37(10-2,11-3)36-32(6,7)24-17-12-14-19-28-20-18-22-29(25-28)30(26-33)21-15-13-16-23-31(4,5)35-27-34-8/h18,20,22,25-26H,9-17,19,21,23-24,27H2,1-8H3/b30-26+. The summed E-state index contributed by atoms with van der Waals surface area (Å²) in [6.45, 7) is 16.3. The third-order valence-corrected chi connectivity index (χ3v) is 13.5. The molecule has 0 aliphatic rings. The average Bonchev–Trinajstić information content (AvgIpc) is 2.88. The molecule has 0 bridgehead atoms. The van der Waals surface area contributed by atoms with E-state index in [1.165, 1.54) is 79.8 Å². The summed E-state index contributed by atoms with van der Waals surface area (Å²) in [6.07, 6.45) is 11.9. The van der Waals surface area contributed by atoms with Gasteiger partial charge in [-0.2, -0.15) is 0 Å². The Labute approximate surface area is 244 Å². The topological polar surface area (TPSA) is 27.7 Å². The molecule has 0 radical (unpaired) electrons. The summed E-state index contributed by atoms with van der Waals surface area (Å²) in [6, 6.07) is 12.9. The SMILES string of the molecule is CC[Si](CC)(CC)OC(C)(C)CCCCCc1cccc(/C(=C/I)CCCCCC(C)(C)OCOC)c1. The van der Waals surface area contributed by atoms with Crippen molar-refractivity contribution in [2.24, 2.45) is 0 Å². The molecule has 0 N–H and O–H groups in total. The Hall–Kier alpha value is -0.213. The van der Waals surface area contributed by atoms with Crippen molar-refractivity contribution in [2.45, 2.75) is 142 Å². The summed E-state index contributed by atoms with van der Waals surface area (Å²) in [5.74, 6) is 0. The van der Waals surface area contributed by atoms with Crippen molar-refractivity contribution in [3.63, 3.8) is 0 Å². The highest BCUT2D eigenvalue weighted by atomic mass is 127. The van der Waals surface area contributed by atoms with Gasteiger partial charge >= 0.3 is 0 Å². The summed E-state index contributed by atoms with van der Waals surface area (Å²) >= 11 is 2.41. The number of unbranched alkanes of at least 4 members (excludes halogenated alkanes) is 4. The van der Waals surface area contributed by atoms with E-state index in [1.807, 2.05) is 0 Å². The number of rotatable bonds is 21. The van der Waals surface area contributed by atoms with E-state index in [9.17, 15) is 0 Å². The molecule has 0 saturated heterocycles. The quantitative estimate of drug-likeness (QED) is 0.0577. The predicted molar refractivity (Wildman–Crippen MR) is 173 cm³/mol. The summed E-state index contributed by atoms with van der Waals surface area (Å²) in [5, 5.41) is 0. The van der Waals surface area contributed by atoms with Crippen LogP contribution in [0, 0.1) is 0 Å². The Morgan fingerprint density at radius 1 is 0.865 bits per heavy atom. The molecule has 5 heteroatoms. The lowest BCUT2D eigenvalue weighted by atomic mass is 9.95.